The minimum absolute atomic E-state index is 0.166. The van der Waals surface area contributed by atoms with Crippen molar-refractivity contribution in [1.29, 1.82) is 0 Å². The lowest BCUT2D eigenvalue weighted by molar-refractivity contribution is -0.130. The first kappa shape index (κ1) is 14.6. The summed E-state index contributed by atoms with van der Waals surface area (Å²) in [5.74, 6) is 3.82. The zero-order valence-electron chi connectivity index (χ0n) is 13.9. The van der Waals surface area contributed by atoms with E-state index in [1.54, 1.807) is 0 Å². The molecule has 4 rings (SSSR count). The van der Waals surface area contributed by atoms with Crippen LogP contribution >= 0.6 is 0 Å². The van der Waals surface area contributed by atoms with Gasteiger partial charge in [-0.1, -0.05) is 27.7 Å². The SMILES string of the molecule is C[C@H](CCC12CC3CC(CC(C3)C1)C2)C(=O)C(C)(C)C. The van der Waals surface area contributed by atoms with Crippen molar-refractivity contribution in [2.75, 3.05) is 0 Å². The Kier molecular flexibility index (Phi) is 3.54. The Morgan fingerprint density at radius 1 is 1.05 bits per heavy atom. The van der Waals surface area contributed by atoms with Crippen LogP contribution in [0.1, 0.15) is 79.1 Å². The second-order valence-corrected chi connectivity index (χ2v) is 9.47. The number of rotatable bonds is 4. The molecule has 0 aromatic carbocycles. The number of Topliss-reactive ketones (excluding diaryl/α,β-unsaturated/α-hetero) is 1. The zero-order chi connectivity index (χ0) is 14.5. The van der Waals surface area contributed by atoms with Crippen molar-refractivity contribution in [2.24, 2.45) is 34.5 Å². The molecule has 1 heteroatoms. The van der Waals surface area contributed by atoms with E-state index in [-0.39, 0.29) is 11.3 Å². The van der Waals surface area contributed by atoms with Gasteiger partial charge in [0.1, 0.15) is 5.78 Å². The van der Waals surface area contributed by atoms with Gasteiger partial charge in [-0.3, -0.25) is 4.79 Å². The summed E-state index contributed by atoms with van der Waals surface area (Å²) >= 11 is 0. The van der Waals surface area contributed by atoms with Crippen LogP contribution in [0.15, 0.2) is 0 Å². The standard InChI is InChI=1S/C19H32O/c1-13(17(20)18(2,3)4)5-6-19-10-14-7-15(11-19)9-16(8-14)12-19/h13-16H,5-12H2,1-4H3/t13-,14?,15?,16?,19?/m1/s1. The van der Waals surface area contributed by atoms with E-state index in [2.05, 4.69) is 27.7 Å². The van der Waals surface area contributed by atoms with Crippen LogP contribution in [0.2, 0.25) is 0 Å². The largest absolute Gasteiger partial charge is 0.299 e. The van der Waals surface area contributed by atoms with Gasteiger partial charge in [0.25, 0.3) is 0 Å². The highest BCUT2D eigenvalue weighted by atomic mass is 16.1. The molecular weight excluding hydrogens is 244 g/mol. The van der Waals surface area contributed by atoms with E-state index >= 15 is 0 Å². The van der Waals surface area contributed by atoms with Gasteiger partial charge >= 0.3 is 0 Å². The molecule has 0 spiro atoms. The predicted octanol–water partition coefficient (Wildman–Crippen LogP) is 5.23. The van der Waals surface area contributed by atoms with Gasteiger partial charge in [0.15, 0.2) is 0 Å². The molecule has 1 nitrogen and oxygen atoms in total. The van der Waals surface area contributed by atoms with Crippen LogP contribution in [-0.4, -0.2) is 5.78 Å². The highest BCUT2D eigenvalue weighted by molar-refractivity contribution is 5.85. The summed E-state index contributed by atoms with van der Waals surface area (Å²) in [4.78, 5) is 12.4. The molecular formula is C19H32O. The third-order valence-electron chi connectivity index (χ3n) is 6.46. The van der Waals surface area contributed by atoms with Crippen molar-refractivity contribution in [1.82, 2.24) is 0 Å². The first-order valence-corrected chi connectivity index (χ1v) is 8.82. The molecule has 4 aliphatic rings. The van der Waals surface area contributed by atoms with E-state index in [9.17, 15) is 4.79 Å². The van der Waals surface area contributed by atoms with Crippen LogP contribution in [0.25, 0.3) is 0 Å². The van der Waals surface area contributed by atoms with Gasteiger partial charge in [-0.25, -0.2) is 0 Å². The molecule has 0 aromatic rings. The molecule has 0 saturated heterocycles. The average molecular weight is 276 g/mol. The number of hydrogen-bond acceptors (Lipinski definition) is 1. The summed E-state index contributed by atoms with van der Waals surface area (Å²) in [6.07, 6.45) is 11.5. The molecule has 0 aromatic heterocycles. The maximum Gasteiger partial charge on any atom is 0.140 e. The predicted molar refractivity (Wildman–Crippen MR) is 83.5 cm³/mol. The monoisotopic (exact) mass is 276 g/mol. The fraction of sp³-hybridized carbons (Fsp3) is 0.947. The Balaban J connectivity index is 1.60. The zero-order valence-corrected chi connectivity index (χ0v) is 13.9. The molecule has 4 aliphatic carbocycles. The maximum absolute atomic E-state index is 12.4. The number of carbonyl (C=O) groups is 1. The van der Waals surface area contributed by atoms with Gasteiger partial charge in [-0.05, 0) is 74.5 Å². The lowest BCUT2D eigenvalue weighted by atomic mass is 9.48. The Bertz CT molecular complexity index is 352. The third kappa shape index (κ3) is 2.70. The second-order valence-electron chi connectivity index (χ2n) is 9.47. The molecule has 4 bridgehead atoms. The molecule has 0 aliphatic heterocycles. The van der Waals surface area contributed by atoms with Gasteiger partial charge in [0, 0.05) is 11.3 Å². The van der Waals surface area contributed by atoms with Crippen molar-refractivity contribution >= 4 is 5.78 Å². The van der Waals surface area contributed by atoms with Crippen LogP contribution < -0.4 is 0 Å². The van der Waals surface area contributed by atoms with Crippen molar-refractivity contribution in [2.45, 2.75) is 79.1 Å². The molecule has 1 atom stereocenters. The van der Waals surface area contributed by atoms with Crippen LogP contribution in [-0.2, 0) is 4.79 Å². The molecule has 0 heterocycles. The van der Waals surface area contributed by atoms with Crippen molar-refractivity contribution in [3.05, 3.63) is 0 Å². The average Bonchev–Trinajstić information content (AvgIpc) is 2.32. The first-order valence-electron chi connectivity index (χ1n) is 8.82. The molecule has 114 valence electrons. The Labute approximate surface area is 124 Å². The molecule has 0 unspecified atom stereocenters. The number of ketones is 1. The van der Waals surface area contributed by atoms with Crippen molar-refractivity contribution in [3.8, 4) is 0 Å². The lowest BCUT2D eigenvalue weighted by Crippen LogP contribution is -2.46. The fourth-order valence-electron chi connectivity index (χ4n) is 5.99. The highest BCUT2D eigenvalue weighted by Gasteiger charge is 2.50. The Morgan fingerprint density at radius 3 is 1.90 bits per heavy atom. The van der Waals surface area contributed by atoms with Crippen LogP contribution in [0.4, 0.5) is 0 Å². The van der Waals surface area contributed by atoms with E-state index in [0.29, 0.717) is 11.2 Å². The normalized spacial score (nSPS) is 40.9. The van der Waals surface area contributed by atoms with E-state index in [4.69, 9.17) is 0 Å². The second kappa shape index (κ2) is 4.85. The quantitative estimate of drug-likeness (QED) is 0.686. The summed E-state index contributed by atoms with van der Waals surface area (Å²) < 4.78 is 0. The Hall–Kier alpha value is -0.330. The van der Waals surface area contributed by atoms with Gasteiger partial charge < -0.3 is 0 Å². The molecule has 0 radical (unpaired) electrons. The molecule has 0 N–H and O–H groups in total. The molecule has 20 heavy (non-hydrogen) atoms. The lowest BCUT2D eigenvalue weighted by Gasteiger charge is -2.57. The molecule has 0 amide bonds. The van der Waals surface area contributed by atoms with Gasteiger partial charge in [0.05, 0.1) is 0 Å². The Morgan fingerprint density at radius 2 is 1.50 bits per heavy atom. The minimum Gasteiger partial charge on any atom is -0.299 e. The summed E-state index contributed by atoms with van der Waals surface area (Å²) in [6, 6.07) is 0. The summed E-state index contributed by atoms with van der Waals surface area (Å²) in [5.41, 5.74) is 0.474. The maximum atomic E-state index is 12.4. The summed E-state index contributed by atoms with van der Waals surface area (Å²) in [7, 11) is 0. The minimum atomic E-state index is -0.166. The third-order valence-corrected chi connectivity index (χ3v) is 6.46. The fourth-order valence-corrected chi connectivity index (χ4v) is 5.99. The van der Waals surface area contributed by atoms with Gasteiger partial charge in [0.2, 0.25) is 0 Å². The van der Waals surface area contributed by atoms with E-state index in [0.717, 1.165) is 24.2 Å². The van der Waals surface area contributed by atoms with E-state index in [1.165, 1.54) is 44.9 Å². The summed E-state index contributed by atoms with van der Waals surface area (Å²) in [5, 5.41) is 0. The molecule has 4 saturated carbocycles. The van der Waals surface area contributed by atoms with E-state index < -0.39 is 0 Å². The number of hydrogen-bond donors (Lipinski definition) is 0. The highest BCUT2D eigenvalue weighted by Crippen LogP contribution is 2.61. The van der Waals surface area contributed by atoms with Crippen LogP contribution in [0, 0.1) is 34.5 Å². The topological polar surface area (TPSA) is 17.1 Å². The van der Waals surface area contributed by atoms with Crippen LogP contribution in [0.3, 0.4) is 0 Å². The number of carbonyl (C=O) groups excluding carboxylic acids is 1. The van der Waals surface area contributed by atoms with Gasteiger partial charge in [-0.15, -0.1) is 0 Å². The first-order chi connectivity index (χ1) is 9.27. The van der Waals surface area contributed by atoms with Gasteiger partial charge in [-0.2, -0.15) is 0 Å². The summed E-state index contributed by atoms with van der Waals surface area (Å²) in [6.45, 7) is 8.36. The van der Waals surface area contributed by atoms with Crippen LogP contribution in [0.5, 0.6) is 0 Å². The van der Waals surface area contributed by atoms with E-state index in [1.807, 2.05) is 0 Å². The smallest absolute Gasteiger partial charge is 0.140 e. The molecule has 4 fully saturated rings. The van der Waals surface area contributed by atoms with Crippen molar-refractivity contribution < 1.29 is 4.79 Å². The van der Waals surface area contributed by atoms with Crippen molar-refractivity contribution in [3.63, 3.8) is 0 Å².